The zero-order chi connectivity index (χ0) is 23.2. The first-order valence-corrected chi connectivity index (χ1v) is 12.8. The van der Waals surface area contributed by atoms with Gasteiger partial charge in [0, 0.05) is 6.54 Å². The zero-order valence-corrected chi connectivity index (χ0v) is 20.4. The summed E-state index contributed by atoms with van der Waals surface area (Å²) >= 11 is 0. The van der Waals surface area contributed by atoms with Gasteiger partial charge in [-0.3, -0.25) is 9.10 Å². The molecule has 0 aliphatic heterocycles. The normalized spacial score (nSPS) is 12.6. The van der Waals surface area contributed by atoms with Crippen LogP contribution in [0.5, 0.6) is 0 Å². The summed E-state index contributed by atoms with van der Waals surface area (Å²) in [5, 5.41) is 2.94. The highest BCUT2D eigenvalue weighted by molar-refractivity contribution is 7.92. The van der Waals surface area contributed by atoms with Crippen LogP contribution in [0, 0.1) is 13.8 Å². The zero-order valence-electron chi connectivity index (χ0n) is 19.6. The van der Waals surface area contributed by atoms with Crippen LogP contribution in [0.25, 0.3) is 0 Å². The monoisotopic (exact) mass is 444 g/mol. The van der Waals surface area contributed by atoms with Crippen LogP contribution in [0.15, 0.2) is 42.5 Å². The Hall–Kier alpha value is -2.34. The van der Waals surface area contributed by atoms with Crippen LogP contribution in [-0.4, -0.2) is 33.2 Å². The molecule has 0 aliphatic rings. The number of aryl methyl sites for hydroxylation is 3. The standard InChI is InChI=1S/C25H36N2O3S/c1-7-24(27(31(6,29)30)23-16-19(4)15-20(5)17-23)25(28)26-14-8-9-21-10-12-22(13-11-21)18(2)3/h10-13,15-18,24H,7-9,14H2,1-6H3,(H,26,28)/t24-/m1/s1. The Labute approximate surface area is 187 Å². The van der Waals surface area contributed by atoms with Crippen molar-refractivity contribution >= 4 is 21.6 Å². The summed E-state index contributed by atoms with van der Waals surface area (Å²) in [7, 11) is -3.62. The predicted molar refractivity (Wildman–Crippen MR) is 129 cm³/mol. The smallest absolute Gasteiger partial charge is 0.243 e. The van der Waals surface area contributed by atoms with Crippen molar-refractivity contribution in [2.75, 3.05) is 17.1 Å². The Morgan fingerprint density at radius 2 is 1.61 bits per heavy atom. The van der Waals surface area contributed by atoms with Gasteiger partial charge in [-0.2, -0.15) is 0 Å². The first kappa shape index (κ1) is 24.9. The van der Waals surface area contributed by atoms with Crippen LogP contribution >= 0.6 is 0 Å². The second kappa shape index (κ2) is 10.8. The average molecular weight is 445 g/mol. The van der Waals surface area contributed by atoms with Crippen molar-refractivity contribution in [3.8, 4) is 0 Å². The average Bonchev–Trinajstić information content (AvgIpc) is 2.67. The lowest BCUT2D eigenvalue weighted by atomic mass is 10.0. The number of rotatable bonds is 10. The molecule has 0 unspecified atom stereocenters. The summed E-state index contributed by atoms with van der Waals surface area (Å²) < 4.78 is 26.4. The van der Waals surface area contributed by atoms with Gasteiger partial charge in [-0.25, -0.2) is 8.42 Å². The summed E-state index contributed by atoms with van der Waals surface area (Å²) in [6, 6.07) is 13.4. The Bertz CT molecular complexity index is 962. The van der Waals surface area contributed by atoms with E-state index in [9.17, 15) is 13.2 Å². The van der Waals surface area contributed by atoms with Crippen molar-refractivity contribution < 1.29 is 13.2 Å². The van der Waals surface area contributed by atoms with Crippen molar-refractivity contribution in [3.63, 3.8) is 0 Å². The fourth-order valence-corrected chi connectivity index (χ4v) is 5.02. The van der Waals surface area contributed by atoms with E-state index in [0.717, 1.165) is 30.2 Å². The molecule has 0 saturated heterocycles. The van der Waals surface area contributed by atoms with Crippen molar-refractivity contribution in [2.45, 2.75) is 65.8 Å². The summed E-state index contributed by atoms with van der Waals surface area (Å²) in [6.07, 6.45) is 3.21. The number of sulfonamides is 1. The van der Waals surface area contributed by atoms with Gasteiger partial charge in [-0.05, 0) is 73.4 Å². The lowest BCUT2D eigenvalue weighted by molar-refractivity contribution is -0.122. The third-order valence-electron chi connectivity index (χ3n) is 5.38. The molecule has 2 rings (SSSR count). The highest BCUT2D eigenvalue weighted by atomic mass is 32.2. The first-order valence-electron chi connectivity index (χ1n) is 11.0. The molecule has 6 heteroatoms. The van der Waals surface area contributed by atoms with E-state index in [2.05, 4.69) is 43.4 Å². The van der Waals surface area contributed by atoms with Gasteiger partial charge in [0.2, 0.25) is 15.9 Å². The fraction of sp³-hybridized carbons (Fsp3) is 0.480. The number of benzene rings is 2. The minimum Gasteiger partial charge on any atom is -0.354 e. The molecule has 0 fully saturated rings. The Morgan fingerprint density at radius 3 is 2.10 bits per heavy atom. The third kappa shape index (κ3) is 7.10. The van der Waals surface area contributed by atoms with Crippen molar-refractivity contribution in [1.29, 1.82) is 0 Å². The molecule has 0 heterocycles. The number of amides is 1. The van der Waals surface area contributed by atoms with Crippen LogP contribution < -0.4 is 9.62 Å². The number of carbonyl (C=O) groups excluding carboxylic acids is 1. The Morgan fingerprint density at radius 1 is 1.03 bits per heavy atom. The van der Waals surface area contributed by atoms with E-state index in [-0.39, 0.29) is 5.91 Å². The van der Waals surface area contributed by atoms with E-state index in [1.54, 1.807) is 0 Å². The molecular formula is C25H36N2O3S. The molecule has 2 aromatic rings. The maximum Gasteiger partial charge on any atom is 0.243 e. The minimum absolute atomic E-state index is 0.262. The summed E-state index contributed by atoms with van der Waals surface area (Å²) in [6.45, 7) is 10.5. The maximum absolute atomic E-state index is 12.9. The molecule has 31 heavy (non-hydrogen) atoms. The number of nitrogens with zero attached hydrogens (tertiary/aromatic N) is 1. The topological polar surface area (TPSA) is 66.5 Å². The number of nitrogens with one attached hydrogen (secondary N) is 1. The number of carbonyl (C=O) groups is 1. The largest absolute Gasteiger partial charge is 0.354 e. The van der Waals surface area contributed by atoms with E-state index in [1.807, 2.05) is 39.0 Å². The molecule has 2 aromatic carbocycles. The van der Waals surface area contributed by atoms with Gasteiger partial charge in [-0.1, -0.05) is 51.1 Å². The first-order chi connectivity index (χ1) is 14.5. The molecule has 1 N–H and O–H groups in total. The van der Waals surface area contributed by atoms with Crippen molar-refractivity contribution in [2.24, 2.45) is 0 Å². The van der Waals surface area contributed by atoms with E-state index in [4.69, 9.17) is 0 Å². The van der Waals surface area contributed by atoms with Gasteiger partial charge in [0.1, 0.15) is 6.04 Å². The molecule has 1 amide bonds. The second-order valence-corrected chi connectivity index (χ2v) is 10.5. The molecule has 0 aromatic heterocycles. The van der Waals surface area contributed by atoms with E-state index in [1.165, 1.54) is 15.4 Å². The number of anilines is 1. The Kier molecular flexibility index (Phi) is 8.69. The van der Waals surface area contributed by atoms with Gasteiger partial charge in [0.25, 0.3) is 0 Å². The highest BCUT2D eigenvalue weighted by Gasteiger charge is 2.31. The lowest BCUT2D eigenvalue weighted by Crippen LogP contribution is -2.49. The van der Waals surface area contributed by atoms with E-state index in [0.29, 0.717) is 24.6 Å². The molecule has 5 nitrogen and oxygen atoms in total. The number of hydrogen-bond donors (Lipinski definition) is 1. The van der Waals surface area contributed by atoms with Crippen LogP contribution in [-0.2, 0) is 21.2 Å². The van der Waals surface area contributed by atoms with E-state index < -0.39 is 16.1 Å². The van der Waals surface area contributed by atoms with Gasteiger partial charge < -0.3 is 5.32 Å². The van der Waals surface area contributed by atoms with Gasteiger partial charge in [0.05, 0.1) is 11.9 Å². The molecule has 0 spiro atoms. The summed E-state index contributed by atoms with van der Waals surface area (Å²) in [4.78, 5) is 12.9. The summed E-state index contributed by atoms with van der Waals surface area (Å²) in [5.74, 6) is 0.247. The molecular weight excluding hydrogens is 408 g/mol. The van der Waals surface area contributed by atoms with Crippen molar-refractivity contribution in [1.82, 2.24) is 5.32 Å². The van der Waals surface area contributed by atoms with E-state index >= 15 is 0 Å². The van der Waals surface area contributed by atoms with Crippen molar-refractivity contribution in [3.05, 3.63) is 64.7 Å². The van der Waals surface area contributed by atoms with Crippen LogP contribution in [0.1, 0.15) is 61.8 Å². The van der Waals surface area contributed by atoms with Gasteiger partial charge >= 0.3 is 0 Å². The molecule has 170 valence electrons. The molecule has 0 saturated carbocycles. The van der Waals surface area contributed by atoms with Crippen LogP contribution in [0.4, 0.5) is 5.69 Å². The summed E-state index contributed by atoms with van der Waals surface area (Å²) in [5.41, 5.74) is 5.01. The minimum atomic E-state index is -3.62. The predicted octanol–water partition coefficient (Wildman–Crippen LogP) is 4.72. The molecule has 0 aliphatic carbocycles. The fourth-order valence-electron chi connectivity index (χ4n) is 3.83. The van der Waals surface area contributed by atoms with Gasteiger partial charge in [-0.15, -0.1) is 0 Å². The van der Waals surface area contributed by atoms with Gasteiger partial charge in [0.15, 0.2) is 0 Å². The number of hydrogen-bond acceptors (Lipinski definition) is 3. The van der Waals surface area contributed by atoms with Crippen LogP contribution in [0.2, 0.25) is 0 Å². The highest BCUT2D eigenvalue weighted by Crippen LogP contribution is 2.25. The second-order valence-electron chi connectivity index (χ2n) is 8.62. The molecule has 1 atom stereocenters. The third-order valence-corrected chi connectivity index (χ3v) is 6.56. The van der Waals surface area contributed by atoms with Crippen LogP contribution in [0.3, 0.4) is 0 Å². The quantitative estimate of drug-likeness (QED) is 0.539. The lowest BCUT2D eigenvalue weighted by Gasteiger charge is -2.30. The molecule has 0 bridgehead atoms. The molecule has 0 radical (unpaired) electrons. The Balaban J connectivity index is 2.04. The maximum atomic E-state index is 12.9. The SMILES string of the molecule is CC[C@H](C(=O)NCCCc1ccc(C(C)C)cc1)N(c1cc(C)cc(C)c1)S(C)(=O)=O.